The van der Waals surface area contributed by atoms with Crippen LogP contribution in [0.1, 0.15) is 41.6 Å². The predicted octanol–water partition coefficient (Wildman–Crippen LogP) is 3.62. The van der Waals surface area contributed by atoms with Crippen LogP contribution in [0.4, 0.5) is 0 Å². The molecule has 1 amide bonds. The van der Waals surface area contributed by atoms with Gasteiger partial charge in [-0.15, -0.1) is 0 Å². The number of amides is 1. The van der Waals surface area contributed by atoms with E-state index in [4.69, 9.17) is 30.8 Å². The third-order valence-corrected chi connectivity index (χ3v) is 6.17. The molecule has 12 heteroatoms. The lowest BCUT2D eigenvalue weighted by atomic mass is 9.95. The van der Waals surface area contributed by atoms with Gasteiger partial charge in [-0.25, -0.2) is 15.0 Å². The molecule has 11 nitrogen and oxygen atoms in total. The first-order chi connectivity index (χ1) is 19.8. The Bertz CT molecular complexity index is 1510. The summed E-state index contributed by atoms with van der Waals surface area (Å²) in [6, 6.07) is 16.6. The van der Waals surface area contributed by atoms with Crippen molar-refractivity contribution in [1.82, 2.24) is 16.1 Å². The van der Waals surface area contributed by atoms with Crippen LogP contribution in [0.2, 0.25) is 0 Å². The second-order valence-electron chi connectivity index (χ2n) is 8.68. The number of thiocarbonyl (C=S) groups is 1. The molecule has 0 saturated carbocycles. The summed E-state index contributed by atoms with van der Waals surface area (Å²) >= 11 is 5.30. The number of furan rings is 1. The molecular weight excluding hydrogens is 548 g/mol. The summed E-state index contributed by atoms with van der Waals surface area (Å²) < 4.78 is 21.5. The van der Waals surface area contributed by atoms with Crippen molar-refractivity contribution in [3.8, 4) is 17.1 Å². The van der Waals surface area contributed by atoms with Gasteiger partial charge in [-0.2, -0.15) is 5.10 Å². The lowest BCUT2D eigenvalue weighted by Gasteiger charge is -2.30. The second-order valence-corrected chi connectivity index (χ2v) is 9.09. The number of ether oxygens (including phenoxy) is 3. The minimum atomic E-state index is -0.634. The van der Waals surface area contributed by atoms with E-state index in [1.165, 1.54) is 13.3 Å². The van der Waals surface area contributed by atoms with Crippen molar-refractivity contribution in [2.24, 2.45) is 5.10 Å². The molecule has 0 radical (unpaired) electrons. The van der Waals surface area contributed by atoms with Gasteiger partial charge in [0.1, 0.15) is 17.3 Å². The molecule has 2 aromatic carbocycles. The van der Waals surface area contributed by atoms with Crippen LogP contribution in [0, 0.1) is 0 Å². The van der Waals surface area contributed by atoms with Gasteiger partial charge in [0.15, 0.2) is 11.7 Å². The van der Waals surface area contributed by atoms with Crippen molar-refractivity contribution in [3.05, 3.63) is 88.8 Å². The van der Waals surface area contributed by atoms with Gasteiger partial charge in [-0.3, -0.25) is 4.79 Å². The number of carbonyl (C=O) groups excluding carboxylic acids is 3. The molecule has 3 aromatic rings. The van der Waals surface area contributed by atoms with Crippen LogP contribution in [-0.4, -0.2) is 49.5 Å². The van der Waals surface area contributed by atoms with Crippen molar-refractivity contribution in [2.75, 3.05) is 20.3 Å². The average Bonchev–Trinajstić information content (AvgIpc) is 3.44. The Hall–Kier alpha value is -4.97. The van der Waals surface area contributed by atoms with Gasteiger partial charge in [0.05, 0.1) is 37.1 Å². The van der Waals surface area contributed by atoms with Gasteiger partial charge < -0.3 is 29.3 Å². The SMILES string of the molecule is CCOC(=O)C1=C(C)NC(=S)N[C@H]1c1ccccc1OCC(=O)NN=Cc1ccc(-c2ccc(C(=O)OC)cc2)o1. The number of allylic oxidation sites excluding steroid dienone is 1. The van der Waals surface area contributed by atoms with Crippen LogP contribution in [0.5, 0.6) is 5.75 Å². The van der Waals surface area contributed by atoms with Crippen molar-refractivity contribution < 1.29 is 33.0 Å². The molecule has 0 saturated heterocycles. The minimum absolute atomic E-state index is 0.217. The number of esters is 2. The molecule has 0 aliphatic carbocycles. The van der Waals surface area contributed by atoms with Gasteiger partial charge in [-0.1, -0.05) is 30.3 Å². The predicted molar refractivity (Wildman–Crippen MR) is 154 cm³/mol. The molecule has 4 rings (SSSR count). The number of hydrogen-bond donors (Lipinski definition) is 3. The van der Waals surface area contributed by atoms with Crippen molar-refractivity contribution in [2.45, 2.75) is 19.9 Å². The first-order valence-electron chi connectivity index (χ1n) is 12.6. The van der Waals surface area contributed by atoms with E-state index in [1.54, 1.807) is 74.5 Å². The topological polar surface area (TPSA) is 140 Å². The Morgan fingerprint density at radius 2 is 1.83 bits per heavy atom. The number of nitrogens with one attached hydrogen (secondary N) is 3. The number of hydrogen-bond acceptors (Lipinski definition) is 9. The van der Waals surface area contributed by atoms with E-state index in [2.05, 4.69) is 21.2 Å². The van der Waals surface area contributed by atoms with Crippen molar-refractivity contribution >= 4 is 41.4 Å². The Kier molecular flexibility index (Phi) is 9.48. The van der Waals surface area contributed by atoms with E-state index in [0.29, 0.717) is 44.8 Å². The molecule has 212 valence electrons. The lowest BCUT2D eigenvalue weighted by Crippen LogP contribution is -2.45. The number of benzene rings is 2. The normalized spacial score (nSPS) is 14.7. The lowest BCUT2D eigenvalue weighted by molar-refractivity contribution is -0.139. The number of para-hydroxylation sites is 1. The van der Waals surface area contributed by atoms with Gasteiger partial charge in [-0.05, 0) is 56.4 Å². The summed E-state index contributed by atoms with van der Waals surface area (Å²) in [6.45, 7) is 3.35. The molecule has 1 aliphatic rings. The van der Waals surface area contributed by atoms with E-state index in [1.807, 2.05) is 0 Å². The molecule has 1 atom stereocenters. The molecule has 1 aliphatic heterocycles. The molecule has 0 bridgehead atoms. The summed E-state index contributed by atoms with van der Waals surface area (Å²) in [5.74, 6) is -0.0624. The summed E-state index contributed by atoms with van der Waals surface area (Å²) in [7, 11) is 1.32. The number of hydrazone groups is 1. The number of carbonyl (C=O) groups is 3. The molecule has 0 fully saturated rings. The molecule has 1 aromatic heterocycles. The highest BCUT2D eigenvalue weighted by Gasteiger charge is 2.32. The van der Waals surface area contributed by atoms with Crippen molar-refractivity contribution in [3.63, 3.8) is 0 Å². The van der Waals surface area contributed by atoms with Crippen molar-refractivity contribution in [1.29, 1.82) is 0 Å². The highest BCUT2D eigenvalue weighted by atomic mass is 32.1. The number of rotatable bonds is 10. The third-order valence-electron chi connectivity index (χ3n) is 5.95. The van der Waals surface area contributed by atoms with Crippen LogP contribution in [0.3, 0.4) is 0 Å². The smallest absolute Gasteiger partial charge is 0.338 e. The third kappa shape index (κ3) is 7.17. The number of nitrogens with zero attached hydrogens (tertiary/aromatic N) is 1. The fourth-order valence-electron chi connectivity index (χ4n) is 4.07. The maximum Gasteiger partial charge on any atom is 0.338 e. The molecule has 0 unspecified atom stereocenters. The summed E-state index contributed by atoms with van der Waals surface area (Å²) in [5.41, 5.74) is 5.13. The van der Waals surface area contributed by atoms with Gasteiger partial charge in [0.25, 0.3) is 5.91 Å². The monoisotopic (exact) mass is 576 g/mol. The van der Waals surface area contributed by atoms with Gasteiger partial charge in [0.2, 0.25) is 0 Å². The van der Waals surface area contributed by atoms with E-state index in [0.717, 1.165) is 5.56 Å². The van der Waals surface area contributed by atoms with Crippen LogP contribution < -0.4 is 20.8 Å². The van der Waals surface area contributed by atoms with Gasteiger partial charge in [0, 0.05) is 16.8 Å². The molecule has 41 heavy (non-hydrogen) atoms. The fraction of sp³-hybridized carbons (Fsp3) is 0.207. The molecule has 0 spiro atoms. The van der Waals surface area contributed by atoms with E-state index in [9.17, 15) is 14.4 Å². The zero-order valence-corrected chi connectivity index (χ0v) is 23.4. The van der Waals surface area contributed by atoms with Crippen LogP contribution >= 0.6 is 12.2 Å². The Morgan fingerprint density at radius 3 is 2.56 bits per heavy atom. The Balaban J connectivity index is 1.37. The first-order valence-corrected chi connectivity index (χ1v) is 13.0. The maximum absolute atomic E-state index is 12.7. The quantitative estimate of drug-likeness (QED) is 0.142. The van der Waals surface area contributed by atoms with Crippen LogP contribution in [-0.2, 0) is 19.1 Å². The van der Waals surface area contributed by atoms with Crippen LogP contribution in [0.15, 0.2) is 81.5 Å². The second kappa shape index (κ2) is 13.4. The molecule has 2 heterocycles. The van der Waals surface area contributed by atoms with E-state index >= 15 is 0 Å². The first kappa shape index (κ1) is 29.0. The fourth-order valence-corrected chi connectivity index (χ4v) is 4.34. The largest absolute Gasteiger partial charge is 0.483 e. The summed E-state index contributed by atoms with van der Waals surface area (Å²) in [4.78, 5) is 36.7. The highest BCUT2D eigenvalue weighted by molar-refractivity contribution is 7.80. The zero-order chi connectivity index (χ0) is 29.4. The Morgan fingerprint density at radius 1 is 1.07 bits per heavy atom. The summed E-state index contributed by atoms with van der Waals surface area (Å²) in [5, 5.41) is 10.3. The summed E-state index contributed by atoms with van der Waals surface area (Å²) in [6.07, 6.45) is 1.36. The Labute approximate surface area is 241 Å². The maximum atomic E-state index is 12.7. The van der Waals surface area contributed by atoms with E-state index < -0.39 is 23.9 Å². The standard InChI is InChI=1S/C29H28N4O7S/c1-4-38-28(36)25-17(2)31-29(41)32-26(25)21-7-5-6-8-23(21)39-16-24(34)33-30-15-20-13-14-22(40-20)18-9-11-19(12-10-18)27(35)37-3/h5-15,26H,4,16H2,1-3H3,(H,33,34)(H2,31,32,41)/t26-/m0/s1. The van der Waals surface area contributed by atoms with E-state index in [-0.39, 0.29) is 13.2 Å². The zero-order valence-electron chi connectivity index (χ0n) is 22.6. The molecule has 3 N–H and O–H groups in total. The minimum Gasteiger partial charge on any atom is -0.483 e. The van der Waals surface area contributed by atoms with Crippen LogP contribution in [0.25, 0.3) is 11.3 Å². The van der Waals surface area contributed by atoms with Gasteiger partial charge >= 0.3 is 11.9 Å². The molecular formula is C29H28N4O7S. The average molecular weight is 577 g/mol. The number of methoxy groups -OCH3 is 1. The highest BCUT2D eigenvalue weighted by Crippen LogP contribution is 2.33.